The number of hydroxylamine groups is 1. The highest BCUT2D eigenvalue weighted by Crippen LogP contribution is 2.41. The van der Waals surface area contributed by atoms with Gasteiger partial charge in [-0.3, -0.25) is 15.0 Å². The topological polar surface area (TPSA) is 94.9 Å². The number of nitrogens with one attached hydrogen (secondary N) is 1. The van der Waals surface area contributed by atoms with Crippen molar-refractivity contribution in [1.82, 2.24) is 15.4 Å². The molecule has 0 saturated carbocycles. The van der Waals surface area contributed by atoms with E-state index in [1.54, 1.807) is 25.3 Å². The summed E-state index contributed by atoms with van der Waals surface area (Å²) in [5.74, 6) is -1.02. The van der Waals surface area contributed by atoms with Gasteiger partial charge in [-0.05, 0) is 94.1 Å². The summed E-state index contributed by atoms with van der Waals surface area (Å²) in [4.78, 5) is 19.3. The average Bonchev–Trinajstić information content (AvgIpc) is 2.91. The molecule has 204 valence electrons. The lowest BCUT2D eigenvalue weighted by Crippen LogP contribution is -2.48. The Hall–Kier alpha value is -2.85. The quantitative estimate of drug-likeness (QED) is 0.238. The van der Waals surface area contributed by atoms with Crippen LogP contribution < -0.4 is 10.2 Å². The number of aromatic nitrogens is 1. The minimum Gasteiger partial charge on any atom is -0.497 e. The first-order chi connectivity index (χ1) is 18.2. The monoisotopic (exact) mass is 547 g/mol. The predicted molar refractivity (Wildman–Crippen MR) is 140 cm³/mol. The number of aliphatic hydroxyl groups excluding tert-OH is 1. The molecule has 1 saturated heterocycles. The maximum Gasteiger partial charge on any atom is 0.249 e. The van der Waals surface area contributed by atoms with Gasteiger partial charge in [-0.2, -0.15) is 0 Å². The average molecular weight is 548 g/mol. The number of fused-ring (bicyclic) bond motifs is 1. The number of likely N-dealkylation sites (tertiary alicyclic amines) is 1. The molecule has 2 heterocycles. The normalized spacial score (nSPS) is 16.4. The maximum atomic E-state index is 13.4. The molecule has 0 bridgehead atoms. The fourth-order valence-corrected chi connectivity index (χ4v) is 5.64. The van der Waals surface area contributed by atoms with Gasteiger partial charge in [0.1, 0.15) is 17.4 Å². The second kappa shape index (κ2) is 12.3. The Morgan fingerprint density at radius 3 is 2.58 bits per heavy atom. The van der Waals surface area contributed by atoms with Crippen LogP contribution in [0, 0.1) is 17.0 Å². The summed E-state index contributed by atoms with van der Waals surface area (Å²) in [7, 11) is 1.56. The summed E-state index contributed by atoms with van der Waals surface area (Å²) in [6.07, 6.45) is 3.42. The van der Waals surface area contributed by atoms with Gasteiger partial charge in [0.05, 0.1) is 29.2 Å². The Morgan fingerprint density at radius 2 is 1.92 bits per heavy atom. The molecule has 1 fully saturated rings. The van der Waals surface area contributed by atoms with Crippen LogP contribution in [-0.2, 0) is 11.2 Å². The van der Waals surface area contributed by atoms with E-state index in [0.29, 0.717) is 71.6 Å². The van der Waals surface area contributed by atoms with E-state index in [1.165, 1.54) is 18.3 Å². The molecule has 2 aromatic carbocycles. The molecule has 1 atom stereocenters. The van der Waals surface area contributed by atoms with E-state index >= 15 is 0 Å². The number of pyridine rings is 1. The van der Waals surface area contributed by atoms with Crippen LogP contribution in [0.15, 0.2) is 42.6 Å². The largest absolute Gasteiger partial charge is 0.497 e. The fraction of sp³-hybridized carbons (Fsp3) is 0.429. The van der Waals surface area contributed by atoms with Gasteiger partial charge in [0.2, 0.25) is 5.91 Å². The van der Waals surface area contributed by atoms with Crippen molar-refractivity contribution in [3.8, 4) is 5.75 Å². The number of carbonyl (C=O) groups excluding carboxylic acids is 1. The lowest BCUT2D eigenvalue weighted by molar-refractivity contribution is -0.143. The van der Waals surface area contributed by atoms with Crippen LogP contribution in [-0.4, -0.2) is 52.8 Å². The summed E-state index contributed by atoms with van der Waals surface area (Å²) in [5.41, 5.74) is 2.79. The first-order valence-corrected chi connectivity index (χ1v) is 13.0. The highest BCUT2D eigenvalue weighted by molar-refractivity contribution is 6.32. The number of carbonyl (C=O) groups is 1. The Kier molecular flexibility index (Phi) is 9.15. The van der Waals surface area contributed by atoms with Crippen molar-refractivity contribution in [2.75, 3.05) is 26.7 Å². The zero-order valence-electron chi connectivity index (χ0n) is 21.2. The fourth-order valence-electron chi connectivity index (χ4n) is 5.37. The van der Waals surface area contributed by atoms with Gasteiger partial charge < -0.3 is 14.7 Å². The van der Waals surface area contributed by atoms with Crippen molar-refractivity contribution in [2.24, 2.45) is 5.41 Å². The van der Waals surface area contributed by atoms with Crippen molar-refractivity contribution >= 4 is 28.4 Å². The van der Waals surface area contributed by atoms with Crippen LogP contribution >= 0.6 is 11.6 Å². The summed E-state index contributed by atoms with van der Waals surface area (Å²) in [6, 6.07) is 8.90. The highest BCUT2D eigenvalue weighted by Gasteiger charge is 2.41. The first kappa shape index (κ1) is 28.2. The number of amides is 1. The van der Waals surface area contributed by atoms with Crippen LogP contribution in [0.2, 0.25) is 5.02 Å². The third kappa shape index (κ3) is 6.40. The maximum absolute atomic E-state index is 13.4. The van der Waals surface area contributed by atoms with E-state index in [2.05, 4.69) is 9.88 Å². The second-order valence-electron chi connectivity index (χ2n) is 9.90. The number of piperidine rings is 1. The minimum atomic E-state index is -0.951. The number of hydrogen-bond donors (Lipinski definition) is 3. The minimum absolute atomic E-state index is 0.259. The summed E-state index contributed by atoms with van der Waals surface area (Å²) in [5, 5.41) is 21.6. The summed E-state index contributed by atoms with van der Waals surface area (Å²) >= 11 is 6.44. The van der Waals surface area contributed by atoms with E-state index in [9.17, 15) is 23.9 Å². The molecular weight excluding hydrogens is 516 g/mol. The zero-order chi connectivity index (χ0) is 27.3. The van der Waals surface area contributed by atoms with E-state index in [-0.39, 0.29) is 6.42 Å². The summed E-state index contributed by atoms with van der Waals surface area (Å²) < 4.78 is 32.2. The van der Waals surface area contributed by atoms with Crippen molar-refractivity contribution in [1.29, 1.82) is 0 Å². The zero-order valence-corrected chi connectivity index (χ0v) is 22.0. The van der Waals surface area contributed by atoms with Gasteiger partial charge in [-0.1, -0.05) is 11.6 Å². The molecule has 10 heteroatoms. The van der Waals surface area contributed by atoms with Gasteiger partial charge in [-0.25, -0.2) is 14.3 Å². The summed E-state index contributed by atoms with van der Waals surface area (Å²) in [6.45, 7) is 1.96. The number of aliphatic hydroxyl groups is 1. The van der Waals surface area contributed by atoms with Crippen molar-refractivity contribution in [3.63, 3.8) is 0 Å². The molecule has 0 aliphatic carbocycles. The van der Waals surface area contributed by atoms with E-state index in [1.807, 2.05) is 5.48 Å². The number of aryl methyl sites for hydroxylation is 1. The number of hydrogen-bond acceptors (Lipinski definition) is 6. The van der Waals surface area contributed by atoms with Crippen LogP contribution in [0.3, 0.4) is 0 Å². The lowest BCUT2D eigenvalue weighted by Gasteiger charge is -2.40. The van der Waals surface area contributed by atoms with E-state index in [0.717, 1.165) is 19.0 Å². The van der Waals surface area contributed by atoms with E-state index < -0.39 is 29.1 Å². The number of nitrogens with zero attached hydrogens (tertiary/aromatic N) is 2. The molecule has 1 aromatic heterocycles. The van der Waals surface area contributed by atoms with Crippen LogP contribution in [0.25, 0.3) is 10.9 Å². The Labute approximate surface area is 225 Å². The number of ether oxygens (including phenoxy) is 1. The van der Waals surface area contributed by atoms with Crippen molar-refractivity contribution in [2.45, 2.75) is 44.6 Å². The Balaban J connectivity index is 1.39. The molecule has 38 heavy (non-hydrogen) atoms. The van der Waals surface area contributed by atoms with E-state index in [4.69, 9.17) is 16.3 Å². The van der Waals surface area contributed by atoms with Gasteiger partial charge in [0.25, 0.3) is 0 Å². The Bertz CT molecular complexity index is 1260. The molecule has 0 radical (unpaired) electrons. The number of methoxy groups -OCH3 is 1. The van der Waals surface area contributed by atoms with Crippen LogP contribution in [0.1, 0.15) is 49.3 Å². The highest BCUT2D eigenvalue weighted by atomic mass is 35.5. The molecule has 0 spiro atoms. The molecule has 1 unspecified atom stereocenters. The molecule has 4 rings (SSSR count). The first-order valence-electron chi connectivity index (χ1n) is 12.7. The van der Waals surface area contributed by atoms with Gasteiger partial charge in [-0.15, -0.1) is 0 Å². The molecule has 7 nitrogen and oxygen atoms in total. The lowest BCUT2D eigenvalue weighted by atomic mass is 9.73. The van der Waals surface area contributed by atoms with Crippen LogP contribution in [0.4, 0.5) is 8.78 Å². The standard InChI is InChI=1S/C28H32ClF2N3O4/c1-38-21-4-5-24-22(16-21)26(23(29)17-32-24)25(35)6-7-28(27(36)33-37)8-11-34(12-9-28)10-2-3-18-13-19(30)15-20(31)14-18/h4-5,13-17,25,35,37H,2-3,6-12H2,1H3,(H,33,36). The van der Waals surface area contributed by atoms with Crippen molar-refractivity contribution < 1.29 is 28.6 Å². The third-order valence-corrected chi connectivity index (χ3v) is 7.86. The second-order valence-corrected chi connectivity index (χ2v) is 10.3. The number of halogens is 3. The molecule has 3 N–H and O–H groups in total. The van der Waals surface area contributed by atoms with Gasteiger partial charge >= 0.3 is 0 Å². The predicted octanol–water partition coefficient (Wildman–Crippen LogP) is 5.21. The SMILES string of the molecule is COc1ccc2ncc(Cl)c(C(O)CCC3(C(=O)NO)CCN(CCCc4cc(F)cc(F)c4)CC3)c2c1. The Morgan fingerprint density at radius 1 is 1.21 bits per heavy atom. The molecule has 1 amide bonds. The molecule has 1 aliphatic heterocycles. The third-order valence-electron chi connectivity index (χ3n) is 7.56. The number of benzene rings is 2. The molecule has 1 aliphatic rings. The smallest absolute Gasteiger partial charge is 0.249 e. The molecular formula is C28H32ClF2N3O4. The van der Waals surface area contributed by atoms with Gasteiger partial charge in [0, 0.05) is 23.2 Å². The number of rotatable bonds is 10. The van der Waals surface area contributed by atoms with Crippen LogP contribution in [0.5, 0.6) is 5.75 Å². The molecule has 3 aromatic rings. The van der Waals surface area contributed by atoms with Gasteiger partial charge in [0.15, 0.2) is 0 Å². The van der Waals surface area contributed by atoms with Crippen molar-refractivity contribution in [3.05, 3.63) is 70.4 Å².